The van der Waals surface area contributed by atoms with Crippen LogP contribution in [-0.2, 0) is 9.53 Å². The van der Waals surface area contributed by atoms with Crippen LogP contribution in [0, 0.1) is 18.8 Å². The molecule has 1 amide bonds. The lowest BCUT2D eigenvalue weighted by Gasteiger charge is -2.37. The number of nitrogens with zero attached hydrogens (tertiary/aromatic N) is 3. The Morgan fingerprint density at radius 1 is 1.35 bits per heavy atom. The molecule has 1 aliphatic heterocycles. The van der Waals surface area contributed by atoms with Gasteiger partial charge in [0.2, 0.25) is 11.9 Å². The zero-order valence-electron chi connectivity index (χ0n) is 14.0. The molecule has 1 aromatic heterocycles. The third-order valence-electron chi connectivity index (χ3n) is 4.99. The minimum Gasteiger partial charge on any atom is -0.379 e. The van der Waals surface area contributed by atoms with E-state index in [9.17, 15) is 4.79 Å². The van der Waals surface area contributed by atoms with Gasteiger partial charge in [-0.05, 0) is 31.6 Å². The van der Waals surface area contributed by atoms with Crippen molar-refractivity contribution in [3.63, 3.8) is 0 Å². The number of methoxy groups -OCH3 is 1. The molecular formula is C16H25N5O2. The zero-order valence-corrected chi connectivity index (χ0v) is 14.0. The molecule has 4 atom stereocenters. The molecule has 2 aliphatic rings. The topological polar surface area (TPSA) is 93.4 Å². The van der Waals surface area contributed by atoms with Crippen LogP contribution in [0.4, 0.5) is 11.8 Å². The quantitative estimate of drug-likeness (QED) is 0.853. The molecule has 0 bridgehead atoms. The Kier molecular flexibility index (Phi) is 4.39. The van der Waals surface area contributed by atoms with Crippen LogP contribution in [0.25, 0.3) is 0 Å². The molecule has 1 saturated carbocycles. The molecule has 7 heteroatoms. The molecule has 7 nitrogen and oxygen atoms in total. The summed E-state index contributed by atoms with van der Waals surface area (Å²) >= 11 is 0. The van der Waals surface area contributed by atoms with Crippen molar-refractivity contribution in [2.45, 2.75) is 38.8 Å². The van der Waals surface area contributed by atoms with E-state index in [0.717, 1.165) is 37.4 Å². The predicted octanol–water partition coefficient (Wildman–Crippen LogP) is 0.733. The second-order valence-corrected chi connectivity index (χ2v) is 6.70. The lowest BCUT2D eigenvalue weighted by molar-refractivity contribution is -0.121. The highest BCUT2D eigenvalue weighted by molar-refractivity contribution is 5.73. The van der Waals surface area contributed by atoms with Gasteiger partial charge in [-0.3, -0.25) is 4.79 Å². The van der Waals surface area contributed by atoms with Crippen LogP contribution < -0.4 is 16.0 Å². The second-order valence-electron chi connectivity index (χ2n) is 6.70. The van der Waals surface area contributed by atoms with Gasteiger partial charge in [-0.2, -0.15) is 4.98 Å². The number of hydrogen-bond donors (Lipinski definition) is 2. The minimum absolute atomic E-state index is 0.00421. The molecule has 0 aromatic carbocycles. The number of aryl methyl sites for hydroxylation is 1. The Hall–Kier alpha value is -1.89. The third-order valence-corrected chi connectivity index (χ3v) is 4.99. The van der Waals surface area contributed by atoms with Gasteiger partial charge in [0.25, 0.3) is 0 Å². The third kappa shape index (κ3) is 3.39. The number of hydrogen-bond acceptors (Lipinski definition) is 6. The second kappa shape index (κ2) is 6.31. The van der Waals surface area contributed by atoms with Gasteiger partial charge in [0.15, 0.2) is 0 Å². The van der Waals surface area contributed by atoms with E-state index in [-0.39, 0.29) is 18.1 Å². The van der Waals surface area contributed by atoms with Gasteiger partial charge < -0.3 is 20.7 Å². The first-order valence-electron chi connectivity index (χ1n) is 8.12. The number of nitrogen functional groups attached to an aromatic ring is 1. The van der Waals surface area contributed by atoms with Crippen molar-refractivity contribution in [3.05, 3.63) is 11.8 Å². The van der Waals surface area contributed by atoms with Crippen LogP contribution in [-0.4, -0.2) is 48.2 Å². The smallest absolute Gasteiger partial charge is 0.222 e. The molecule has 1 saturated heterocycles. The van der Waals surface area contributed by atoms with Crippen LogP contribution >= 0.6 is 0 Å². The largest absolute Gasteiger partial charge is 0.379 e. The van der Waals surface area contributed by atoms with Gasteiger partial charge in [0.05, 0.1) is 12.1 Å². The number of carbonyl (C=O) groups excluding carboxylic acids is 1. The van der Waals surface area contributed by atoms with Crippen molar-refractivity contribution in [2.75, 3.05) is 30.8 Å². The van der Waals surface area contributed by atoms with Crippen LogP contribution in [0.3, 0.4) is 0 Å². The Morgan fingerprint density at radius 3 is 2.65 bits per heavy atom. The highest BCUT2D eigenvalue weighted by Crippen LogP contribution is 2.39. The number of fused-ring (bicyclic) bond motifs is 1. The Balaban J connectivity index is 1.74. The van der Waals surface area contributed by atoms with E-state index in [4.69, 9.17) is 10.5 Å². The van der Waals surface area contributed by atoms with Gasteiger partial charge in [0.1, 0.15) is 5.82 Å². The lowest BCUT2D eigenvalue weighted by atomic mass is 9.77. The van der Waals surface area contributed by atoms with Gasteiger partial charge in [-0.25, -0.2) is 4.98 Å². The van der Waals surface area contributed by atoms with Crippen LogP contribution in [0.5, 0.6) is 0 Å². The number of rotatable bonds is 3. The molecule has 2 fully saturated rings. The fraction of sp³-hybridized carbons (Fsp3) is 0.688. The number of nitrogens with one attached hydrogen (secondary N) is 1. The van der Waals surface area contributed by atoms with Gasteiger partial charge in [-0.1, -0.05) is 0 Å². The summed E-state index contributed by atoms with van der Waals surface area (Å²) in [6.07, 6.45) is 1.98. The van der Waals surface area contributed by atoms with Crippen molar-refractivity contribution in [1.29, 1.82) is 0 Å². The summed E-state index contributed by atoms with van der Waals surface area (Å²) < 4.78 is 5.61. The molecule has 0 unspecified atom stereocenters. The summed E-state index contributed by atoms with van der Waals surface area (Å²) in [5.74, 6) is 2.32. The molecule has 3 N–H and O–H groups in total. The number of carbonyl (C=O) groups is 1. The summed E-state index contributed by atoms with van der Waals surface area (Å²) in [7, 11) is 1.72. The summed E-state index contributed by atoms with van der Waals surface area (Å²) in [5, 5.41) is 3.04. The van der Waals surface area contributed by atoms with Gasteiger partial charge >= 0.3 is 0 Å². The maximum absolute atomic E-state index is 11.4. The van der Waals surface area contributed by atoms with E-state index < -0.39 is 0 Å². The van der Waals surface area contributed by atoms with Crippen LogP contribution in [0.2, 0.25) is 0 Å². The molecular weight excluding hydrogens is 294 g/mol. The van der Waals surface area contributed by atoms with E-state index in [0.29, 0.717) is 17.8 Å². The van der Waals surface area contributed by atoms with Crippen molar-refractivity contribution < 1.29 is 9.53 Å². The summed E-state index contributed by atoms with van der Waals surface area (Å²) in [4.78, 5) is 22.2. The normalized spacial score (nSPS) is 30.1. The predicted molar refractivity (Wildman–Crippen MR) is 88.0 cm³/mol. The molecule has 3 rings (SSSR count). The fourth-order valence-electron chi connectivity index (χ4n) is 4.01. The van der Waals surface area contributed by atoms with E-state index in [1.807, 2.05) is 13.0 Å². The van der Waals surface area contributed by atoms with E-state index in [1.165, 1.54) is 0 Å². The highest BCUT2D eigenvalue weighted by atomic mass is 16.5. The average Bonchev–Trinajstić information content (AvgIpc) is 2.87. The first-order chi connectivity index (χ1) is 11.0. The first kappa shape index (κ1) is 16.0. The number of anilines is 2. The Morgan fingerprint density at radius 2 is 2.04 bits per heavy atom. The number of aromatic nitrogens is 2. The van der Waals surface area contributed by atoms with Crippen molar-refractivity contribution in [2.24, 2.45) is 11.8 Å². The van der Waals surface area contributed by atoms with Gasteiger partial charge in [0, 0.05) is 38.9 Å². The Labute approximate surface area is 136 Å². The van der Waals surface area contributed by atoms with E-state index >= 15 is 0 Å². The number of nitrogens with two attached hydrogens (primary N) is 1. The SMILES string of the molecule is CO[C@@H]1C[C@H]2CN(c3cc(C)nc(N)n3)C[C@H]2C[C@H]1NC(C)=O. The minimum atomic E-state index is 0.00421. The molecule has 1 aromatic rings. The highest BCUT2D eigenvalue weighted by Gasteiger charge is 2.43. The van der Waals surface area contributed by atoms with Crippen LogP contribution in [0.15, 0.2) is 6.07 Å². The molecule has 23 heavy (non-hydrogen) atoms. The maximum Gasteiger partial charge on any atom is 0.222 e. The van der Waals surface area contributed by atoms with E-state index in [2.05, 4.69) is 20.2 Å². The molecule has 0 radical (unpaired) electrons. The fourth-order valence-corrected chi connectivity index (χ4v) is 4.01. The average molecular weight is 319 g/mol. The number of ether oxygens (including phenoxy) is 1. The van der Waals surface area contributed by atoms with Crippen LogP contribution in [0.1, 0.15) is 25.5 Å². The molecule has 126 valence electrons. The van der Waals surface area contributed by atoms with Crippen molar-refractivity contribution >= 4 is 17.7 Å². The Bertz CT molecular complexity index is 574. The number of amides is 1. The molecule has 1 aliphatic carbocycles. The first-order valence-corrected chi connectivity index (χ1v) is 8.12. The monoisotopic (exact) mass is 319 g/mol. The summed E-state index contributed by atoms with van der Waals surface area (Å²) in [5.41, 5.74) is 6.66. The van der Waals surface area contributed by atoms with Gasteiger partial charge in [-0.15, -0.1) is 0 Å². The zero-order chi connectivity index (χ0) is 16.6. The summed E-state index contributed by atoms with van der Waals surface area (Å²) in [6.45, 7) is 5.38. The summed E-state index contributed by atoms with van der Waals surface area (Å²) in [6, 6.07) is 2.07. The van der Waals surface area contributed by atoms with Crippen molar-refractivity contribution in [1.82, 2.24) is 15.3 Å². The maximum atomic E-state index is 11.4. The molecule has 0 spiro atoms. The molecule has 2 heterocycles. The van der Waals surface area contributed by atoms with Crippen molar-refractivity contribution in [3.8, 4) is 0 Å². The van der Waals surface area contributed by atoms with E-state index in [1.54, 1.807) is 14.0 Å². The standard InChI is InChI=1S/C16H25N5O2/c1-9-4-15(20-16(17)18-9)21-7-11-5-13(19-10(2)22)14(23-3)6-12(11)8-21/h4,11-14H,5-8H2,1-3H3,(H,19,22)(H2,17,18,20)/t11-,12+,13-,14-/m1/s1. The lowest BCUT2D eigenvalue weighted by Crippen LogP contribution is -2.49.